The number of aliphatic carboxylic acids is 2. The molecule has 0 bridgehead atoms. The summed E-state index contributed by atoms with van der Waals surface area (Å²) in [7, 11) is 0. The molecule has 0 amide bonds. The molecule has 0 aromatic carbocycles. The Morgan fingerprint density at radius 1 is 1.00 bits per heavy atom. The molecule has 194 valence electrons. The van der Waals surface area contributed by atoms with Crippen LogP contribution < -0.4 is 0 Å². The van der Waals surface area contributed by atoms with Gasteiger partial charge in [-0.05, 0) is 12.8 Å². The van der Waals surface area contributed by atoms with E-state index in [1.165, 1.54) is 0 Å². The summed E-state index contributed by atoms with van der Waals surface area (Å²) in [5.74, 6) is -3.42. The number of alkyl halides is 1. The number of carbonyl (C=O) groups is 2. The maximum Gasteiger partial charge on any atom is 2.00 e. The van der Waals surface area contributed by atoms with E-state index in [2.05, 4.69) is 0 Å². The van der Waals surface area contributed by atoms with Crippen molar-refractivity contribution in [3.63, 3.8) is 0 Å². The SMILES string of the molecule is CC(C)[NH-].CC(C)[NH-].O=C(O)C(Cl)(CCCOC1O[C@H](CO)[C@H](O)[C@H](O)[C@H]1O)C(=O)O.[Pt+2]. The summed E-state index contributed by atoms with van der Waals surface area (Å²) >= 11 is 5.51. The minimum Gasteiger partial charge on any atom is -0.675 e. The normalized spacial score (nSPS) is 25.1. The molecule has 32 heavy (non-hydrogen) atoms. The van der Waals surface area contributed by atoms with Crippen molar-refractivity contribution in [1.82, 2.24) is 0 Å². The number of nitrogens with one attached hydrogen (secondary N) is 2. The van der Waals surface area contributed by atoms with E-state index >= 15 is 0 Å². The molecule has 1 unspecified atom stereocenters. The zero-order valence-corrected chi connectivity index (χ0v) is 21.4. The molecule has 0 aromatic rings. The summed E-state index contributed by atoms with van der Waals surface area (Å²) < 4.78 is 10.2. The molecule has 1 aliphatic rings. The molecular formula is C18H35ClN2O10Pt. The van der Waals surface area contributed by atoms with Gasteiger partial charge in [0.25, 0.3) is 0 Å². The third kappa shape index (κ3) is 14.0. The van der Waals surface area contributed by atoms with Crippen LogP contribution in [0.25, 0.3) is 11.5 Å². The van der Waals surface area contributed by atoms with Crippen molar-refractivity contribution in [2.75, 3.05) is 13.2 Å². The van der Waals surface area contributed by atoms with Gasteiger partial charge in [-0.1, -0.05) is 39.3 Å². The zero-order chi connectivity index (χ0) is 24.9. The van der Waals surface area contributed by atoms with Crippen LogP contribution >= 0.6 is 11.6 Å². The molecule has 8 N–H and O–H groups in total. The molecule has 1 saturated heterocycles. The summed E-state index contributed by atoms with van der Waals surface area (Å²) in [5.41, 5.74) is 13.2. The van der Waals surface area contributed by atoms with Gasteiger partial charge in [0.2, 0.25) is 4.87 Å². The minimum atomic E-state index is -2.49. The van der Waals surface area contributed by atoms with Crippen molar-refractivity contribution in [3.8, 4) is 0 Å². The molecule has 12 nitrogen and oxygen atoms in total. The van der Waals surface area contributed by atoms with E-state index in [1.807, 2.05) is 27.7 Å². The van der Waals surface area contributed by atoms with Crippen molar-refractivity contribution in [2.45, 2.75) is 88.2 Å². The van der Waals surface area contributed by atoms with E-state index in [9.17, 15) is 24.9 Å². The molecule has 1 aliphatic heterocycles. The first-order valence-electron chi connectivity index (χ1n) is 9.61. The summed E-state index contributed by atoms with van der Waals surface area (Å²) in [6.07, 6.45) is -7.75. The molecule has 0 radical (unpaired) electrons. The molecular weight excluding hydrogens is 635 g/mol. The van der Waals surface area contributed by atoms with Crippen molar-refractivity contribution >= 4 is 23.5 Å². The van der Waals surface area contributed by atoms with Gasteiger partial charge < -0.3 is 51.6 Å². The van der Waals surface area contributed by atoms with Crippen LogP contribution in [0, 0.1) is 0 Å². The number of aliphatic hydroxyl groups excluding tert-OH is 4. The number of ether oxygens (including phenoxy) is 2. The van der Waals surface area contributed by atoms with Crippen LogP contribution in [0.3, 0.4) is 0 Å². The summed E-state index contributed by atoms with van der Waals surface area (Å²) in [5, 5.41) is 55.5. The second kappa shape index (κ2) is 18.0. The number of rotatable bonds is 8. The van der Waals surface area contributed by atoms with E-state index < -0.39 is 60.5 Å². The van der Waals surface area contributed by atoms with Gasteiger partial charge in [-0.2, -0.15) is 0 Å². The van der Waals surface area contributed by atoms with E-state index in [-0.39, 0.29) is 46.2 Å². The number of halogens is 1. The van der Waals surface area contributed by atoms with Gasteiger partial charge in [-0.15, -0.1) is 12.1 Å². The van der Waals surface area contributed by atoms with Crippen LogP contribution in [0.4, 0.5) is 0 Å². The largest absolute Gasteiger partial charge is 2.00 e. The Hall–Kier alpha value is -0.402. The molecule has 1 rings (SSSR count). The van der Waals surface area contributed by atoms with Gasteiger partial charge in [-0.3, -0.25) is 0 Å². The van der Waals surface area contributed by atoms with Gasteiger partial charge in [0, 0.05) is 6.61 Å². The van der Waals surface area contributed by atoms with Crippen LogP contribution in [0.2, 0.25) is 0 Å². The molecule has 1 heterocycles. The van der Waals surface area contributed by atoms with Gasteiger partial charge >= 0.3 is 33.0 Å². The van der Waals surface area contributed by atoms with E-state index in [0.29, 0.717) is 0 Å². The second-order valence-electron chi connectivity index (χ2n) is 7.39. The smallest absolute Gasteiger partial charge is 0.675 e. The Bertz CT molecular complexity index is 502. The Balaban J connectivity index is -0.000000803. The first-order valence-corrected chi connectivity index (χ1v) is 9.99. The third-order valence-corrected chi connectivity index (χ3v) is 3.99. The van der Waals surface area contributed by atoms with E-state index in [4.69, 9.17) is 47.9 Å². The molecule has 14 heteroatoms. The monoisotopic (exact) mass is 669 g/mol. The predicted octanol–water partition coefficient (Wildman–Crippen LogP) is 0.621. The predicted molar refractivity (Wildman–Crippen MR) is 112 cm³/mol. The molecule has 0 aromatic heterocycles. The van der Waals surface area contributed by atoms with Crippen LogP contribution in [-0.4, -0.2) is 103 Å². The van der Waals surface area contributed by atoms with Crippen LogP contribution in [0.15, 0.2) is 0 Å². The molecule has 1 fully saturated rings. The minimum absolute atomic E-state index is 0. The van der Waals surface area contributed by atoms with Crippen LogP contribution in [0.1, 0.15) is 40.5 Å². The van der Waals surface area contributed by atoms with Crippen molar-refractivity contribution in [1.29, 1.82) is 0 Å². The first kappa shape index (κ1) is 36.2. The summed E-state index contributed by atoms with van der Waals surface area (Å²) in [6.45, 7) is 6.49. The Morgan fingerprint density at radius 2 is 1.41 bits per heavy atom. The van der Waals surface area contributed by atoms with E-state index in [1.54, 1.807) is 0 Å². The van der Waals surface area contributed by atoms with Crippen LogP contribution in [-0.2, 0) is 40.1 Å². The van der Waals surface area contributed by atoms with Crippen molar-refractivity contribution in [3.05, 3.63) is 11.5 Å². The number of carboxylic acid groups (broad SMARTS) is 2. The average molecular weight is 670 g/mol. The molecule has 0 spiro atoms. The van der Waals surface area contributed by atoms with Gasteiger partial charge in [0.15, 0.2) is 6.29 Å². The third-order valence-electron chi connectivity index (χ3n) is 3.47. The standard InChI is InChI=1S/C12H19ClO10.2C3H8N.Pt/c13-12(10(18)19,11(20)21)2-1-3-22-9-8(17)7(16)6(15)5(4-14)23-9;2*1-3(2)4;/h5-9,14-17H,1-4H2,(H,18,19)(H,20,21);2*3-4H,1-2H3;/q;2*-1;+2/t5-,6+,7+,8-,9?;;;/m1.../s1. The second-order valence-corrected chi connectivity index (χ2v) is 8.04. The first-order chi connectivity index (χ1) is 14.1. The average Bonchev–Trinajstić information content (AvgIpc) is 2.63. The van der Waals surface area contributed by atoms with Gasteiger partial charge in [0.1, 0.15) is 24.4 Å². The molecule has 5 atom stereocenters. The van der Waals surface area contributed by atoms with Crippen molar-refractivity contribution in [2.24, 2.45) is 0 Å². The summed E-state index contributed by atoms with van der Waals surface area (Å²) in [6, 6.07) is 0.167. The van der Waals surface area contributed by atoms with Crippen molar-refractivity contribution < 1.29 is 70.8 Å². The fourth-order valence-electron chi connectivity index (χ4n) is 2.03. The molecule has 0 aliphatic carbocycles. The Morgan fingerprint density at radius 3 is 1.75 bits per heavy atom. The Labute approximate surface area is 207 Å². The summed E-state index contributed by atoms with van der Waals surface area (Å²) in [4.78, 5) is 19.2. The number of carboxylic acids is 2. The number of hydrogen-bond donors (Lipinski definition) is 6. The topological polar surface area (TPSA) is 222 Å². The van der Waals surface area contributed by atoms with Crippen LogP contribution in [0.5, 0.6) is 0 Å². The maximum atomic E-state index is 10.9. The van der Waals surface area contributed by atoms with Gasteiger partial charge in [0.05, 0.1) is 6.61 Å². The fraction of sp³-hybridized carbons (Fsp3) is 0.889. The number of aliphatic hydroxyl groups is 4. The molecule has 0 saturated carbocycles. The zero-order valence-electron chi connectivity index (χ0n) is 18.4. The van der Waals surface area contributed by atoms with Gasteiger partial charge in [-0.25, -0.2) is 9.59 Å². The Kier molecular flexibility index (Phi) is 20.3. The maximum absolute atomic E-state index is 10.9. The van der Waals surface area contributed by atoms with E-state index in [0.717, 1.165) is 0 Å². The quantitative estimate of drug-likeness (QED) is 0.120. The fourth-order valence-corrected chi connectivity index (χ4v) is 2.16. The number of hydrogen-bond acceptors (Lipinski definition) is 8.